The van der Waals surface area contributed by atoms with E-state index in [1.54, 1.807) is 25.7 Å². The Balaban J connectivity index is 1.68. The van der Waals surface area contributed by atoms with E-state index in [-0.39, 0.29) is 24.4 Å². The highest BCUT2D eigenvalue weighted by Gasteiger charge is 2.37. The van der Waals surface area contributed by atoms with Gasteiger partial charge in [-0.25, -0.2) is 9.18 Å². The molecule has 1 atom stereocenters. The third-order valence-electron chi connectivity index (χ3n) is 8.71. The smallest absolute Gasteiger partial charge is 0.416 e. The van der Waals surface area contributed by atoms with Gasteiger partial charge in [0.25, 0.3) is 5.91 Å². The molecule has 10 heteroatoms. The Labute approximate surface area is 260 Å². The quantitative estimate of drug-likeness (QED) is 0.291. The Hall–Kier alpha value is -3.92. The largest absolute Gasteiger partial charge is 0.490 e. The minimum Gasteiger partial charge on any atom is -0.490 e. The zero-order valence-electron chi connectivity index (χ0n) is 26.2. The van der Waals surface area contributed by atoms with Crippen LogP contribution in [0.3, 0.4) is 0 Å². The molecule has 1 N–H and O–H groups in total. The Bertz CT molecular complexity index is 1670. The lowest BCUT2D eigenvalue weighted by Crippen LogP contribution is -2.37. The van der Waals surface area contributed by atoms with E-state index in [4.69, 9.17) is 9.47 Å². The zero-order chi connectivity index (χ0) is 33.0. The number of alkyl halides is 3. The maximum Gasteiger partial charge on any atom is 0.416 e. The van der Waals surface area contributed by atoms with Crippen LogP contribution in [0.5, 0.6) is 5.75 Å². The van der Waals surface area contributed by atoms with Crippen LogP contribution in [-0.2, 0) is 35.1 Å². The first-order valence-electron chi connectivity index (χ1n) is 15.0. The van der Waals surface area contributed by atoms with Gasteiger partial charge in [0.15, 0.2) is 17.7 Å². The van der Waals surface area contributed by atoms with Gasteiger partial charge in [0.1, 0.15) is 0 Å². The number of aliphatic carboxylic acids is 1. The molecule has 0 bridgehead atoms. The highest BCUT2D eigenvalue weighted by Crippen LogP contribution is 2.46. The standard InChI is InChI=1S/C35H37F4NO5/c1-18-24-8-7-15-44-30(24)27(36)16-25(18)28-20(3)26-17-40(32(41)21-9-11-22(12-10-21)35(37,38)39)14-13-23(26)19(2)29(28)31(33(42)43)45-34(4,5)6/h9-12,16,31H,7-8,13-15,17H2,1-6H3,(H,42,43)/t31-/m1/s1. The first-order chi connectivity index (χ1) is 21.0. The fourth-order valence-corrected chi connectivity index (χ4v) is 6.56. The van der Waals surface area contributed by atoms with Crippen molar-refractivity contribution in [2.45, 2.75) is 85.2 Å². The molecule has 2 aliphatic rings. The fourth-order valence-electron chi connectivity index (χ4n) is 6.56. The van der Waals surface area contributed by atoms with Gasteiger partial charge in [-0.3, -0.25) is 4.79 Å². The molecule has 5 rings (SSSR count). The van der Waals surface area contributed by atoms with Gasteiger partial charge in [0.05, 0.1) is 17.8 Å². The highest BCUT2D eigenvalue weighted by atomic mass is 19.4. The van der Waals surface area contributed by atoms with Gasteiger partial charge < -0.3 is 19.5 Å². The Morgan fingerprint density at radius 3 is 2.22 bits per heavy atom. The van der Waals surface area contributed by atoms with Crippen molar-refractivity contribution in [3.05, 3.63) is 86.2 Å². The summed E-state index contributed by atoms with van der Waals surface area (Å²) in [6.45, 7) is 11.7. The first-order valence-corrected chi connectivity index (χ1v) is 15.0. The lowest BCUT2D eigenvalue weighted by atomic mass is 9.78. The van der Waals surface area contributed by atoms with Crippen LogP contribution in [0.1, 0.15) is 88.2 Å². The van der Waals surface area contributed by atoms with Gasteiger partial charge in [-0.1, -0.05) is 0 Å². The molecule has 0 saturated carbocycles. The predicted octanol–water partition coefficient (Wildman–Crippen LogP) is 7.90. The average Bonchev–Trinajstić information content (AvgIpc) is 2.98. The molecule has 3 aromatic carbocycles. The van der Waals surface area contributed by atoms with Crippen molar-refractivity contribution in [1.29, 1.82) is 0 Å². The minimum absolute atomic E-state index is 0.134. The molecule has 240 valence electrons. The first kappa shape index (κ1) is 32.5. The summed E-state index contributed by atoms with van der Waals surface area (Å²) in [6.07, 6.45) is -4.14. The summed E-state index contributed by atoms with van der Waals surface area (Å²) in [5.41, 5.74) is 4.57. The number of rotatable bonds is 5. The number of carbonyl (C=O) groups excluding carboxylic acids is 1. The molecule has 2 aliphatic heterocycles. The molecule has 0 fully saturated rings. The normalized spacial score (nSPS) is 15.6. The topological polar surface area (TPSA) is 76.1 Å². The van der Waals surface area contributed by atoms with E-state index in [2.05, 4.69) is 0 Å². The maximum atomic E-state index is 15.6. The molecule has 45 heavy (non-hydrogen) atoms. The van der Waals surface area contributed by atoms with Crippen molar-refractivity contribution in [2.75, 3.05) is 13.2 Å². The second-order valence-electron chi connectivity index (χ2n) is 12.8. The van der Waals surface area contributed by atoms with E-state index in [0.29, 0.717) is 47.3 Å². The SMILES string of the molecule is Cc1c(-c2c(C)c3c(c(C)c2[C@@H](OC(C)(C)C)C(=O)O)CCN(C(=O)c2ccc(C(F)(F)F)cc2)C3)cc(F)c2c1CCCO2. The lowest BCUT2D eigenvalue weighted by Gasteiger charge is -2.36. The second-order valence-corrected chi connectivity index (χ2v) is 12.8. The number of hydrogen-bond donors (Lipinski definition) is 1. The summed E-state index contributed by atoms with van der Waals surface area (Å²) in [5, 5.41) is 10.5. The van der Waals surface area contributed by atoms with Crippen LogP contribution in [0.25, 0.3) is 11.1 Å². The van der Waals surface area contributed by atoms with E-state index in [0.717, 1.165) is 40.8 Å². The monoisotopic (exact) mass is 627 g/mol. The number of amides is 1. The van der Waals surface area contributed by atoms with Crippen molar-refractivity contribution >= 4 is 11.9 Å². The number of carboxylic acids is 1. The number of halogens is 4. The van der Waals surface area contributed by atoms with Crippen molar-refractivity contribution in [1.82, 2.24) is 4.90 Å². The second kappa shape index (κ2) is 11.8. The summed E-state index contributed by atoms with van der Waals surface area (Å²) in [4.78, 5) is 27.9. The van der Waals surface area contributed by atoms with Gasteiger partial charge in [-0.05, 0) is 130 Å². The Kier molecular flexibility index (Phi) is 8.50. The molecule has 0 radical (unpaired) electrons. The number of carboxylic acid groups (broad SMARTS) is 1. The molecule has 6 nitrogen and oxygen atoms in total. The summed E-state index contributed by atoms with van der Waals surface area (Å²) in [7, 11) is 0. The maximum absolute atomic E-state index is 15.6. The van der Waals surface area contributed by atoms with Gasteiger partial charge >= 0.3 is 12.1 Å². The molecule has 0 spiro atoms. The average molecular weight is 628 g/mol. The van der Waals surface area contributed by atoms with Gasteiger partial charge in [-0.2, -0.15) is 13.2 Å². The number of carbonyl (C=O) groups is 2. The fraction of sp³-hybridized carbons (Fsp3) is 0.429. The van der Waals surface area contributed by atoms with Gasteiger partial charge in [-0.15, -0.1) is 0 Å². The molecule has 0 aliphatic carbocycles. The van der Waals surface area contributed by atoms with E-state index in [1.165, 1.54) is 18.2 Å². The van der Waals surface area contributed by atoms with Crippen molar-refractivity contribution in [3.63, 3.8) is 0 Å². The molecule has 2 heterocycles. The van der Waals surface area contributed by atoms with Crippen molar-refractivity contribution in [3.8, 4) is 16.9 Å². The van der Waals surface area contributed by atoms with Gasteiger partial charge in [0, 0.05) is 29.8 Å². The number of fused-ring (bicyclic) bond motifs is 2. The van der Waals surface area contributed by atoms with E-state index in [1.807, 2.05) is 20.8 Å². The number of hydrogen-bond acceptors (Lipinski definition) is 4. The van der Waals surface area contributed by atoms with Crippen LogP contribution < -0.4 is 4.74 Å². The number of benzene rings is 3. The third-order valence-corrected chi connectivity index (χ3v) is 8.71. The lowest BCUT2D eigenvalue weighted by molar-refractivity contribution is -0.160. The molecular weight excluding hydrogens is 590 g/mol. The summed E-state index contributed by atoms with van der Waals surface area (Å²) < 4.78 is 66.7. The van der Waals surface area contributed by atoms with Crippen LogP contribution >= 0.6 is 0 Å². The summed E-state index contributed by atoms with van der Waals surface area (Å²) >= 11 is 0. The van der Waals surface area contributed by atoms with Crippen LogP contribution in [-0.4, -0.2) is 40.6 Å². The van der Waals surface area contributed by atoms with Crippen LogP contribution in [0.2, 0.25) is 0 Å². The molecule has 3 aromatic rings. The molecular formula is C35H37F4NO5. The third kappa shape index (κ3) is 6.17. The Morgan fingerprint density at radius 1 is 0.956 bits per heavy atom. The number of nitrogens with zero attached hydrogens (tertiary/aromatic N) is 1. The van der Waals surface area contributed by atoms with Crippen molar-refractivity contribution < 1.29 is 41.7 Å². The number of ether oxygens (including phenoxy) is 2. The van der Waals surface area contributed by atoms with E-state index < -0.39 is 41.1 Å². The van der Waals surface area contributed by atoms with E-state index >= 15 is 4.39 Å². The molecule has 0 saturated heterocycles. The zero-order valence-corrected chi connectivity index (χ0v) is 26.2. The summed E-state index contributed by atoms with van der Waals surface area (Å²) in [5.74, 6) is -1.91. The van der Waals surface area contributed by atoms with Gasteiger partial charge in [0.2, 0.25) is 0 Å². The predicted molar refractivity (Wildman–Crippen MR) is 161 cm³/mol. The Morgan fingerprint density at radius 2 is 1.62 bits per heavy atom. The summed E-state index contributed by atoms with van der Waals surface area (Å²) in [6, 6.07) is 5.53. The van der Waals surface area contributed by atoms with Crippen LogP contribution in [0, 0.1) is 26.6 Å². The van der Waals surface area contributed by atoms with Crippen molar-refractivity contribution in [2.24, 2.45) is 0 Å². The van der Waals surface area contributed by atoms with E-state index in [9.17, 15) is 27.9 Å². The van der Waals surface area contributed by atoms with Crippen LogP contribution in [0.15, 0.2) is 30.3 Å². The molecule has 1 amide bonds. The highest BCUT2D eigenvalue weighted by molar-refractivity contribution is 5.94. The molecule has 0 aromatic heterocycles. The molecule has 0 unspecified atom stereocenters. The van der Waals surface area contributed by atoms with Crippen LogP contribution in [0.4, 0.5) is 17.6 Å². The minimum atomic E-state index is -4.51.